The average molecular weight is 356 g/mol. The number of carbonyl (C=O) groups is 1. The molecule has 0 spiro atoms. The van der Waals surface area contributed by atoms with Gasteiger partial charge in [-0.1, -0.05) is 12.1 Å². The summed E-state index contributed by atoms with van der Waals surface area (Å²) in [5.74, 6) is 0.440. The van der Waals surface area contributed by atoms with Gasteiger partial charge in [-0.05, 0) is 24.3 Å². The highest BCUT2D eigenvalue weighted by atomic mass is 32.2. The molecule has 3 heterocycles. The molecule has 0 unspecified atom stereocenters. The first-order valence-electron chi connectivity index (χ1n) is 7.95. The summed E-state index contributed by atoms with van der Waals surface area (Å²) in [6, 6.07) is 10.2. The van der Waals surface area contributed by atoms with E-state index < -0.39 is 10.0 Å². The van der Waals surface area contributed by atoms with E-state index in [0.717, 1.165) is 0 Å². The standard InChI is InChI=1S/C17H16N4O3S/c22-17(13-5-7-18-8-6-13)21-11-9-20(10-12-21)16-14-3-1-2-4-15(14)25(23,24)19-16/h1-8H,9-12H2. The summed E-state index contributed by atoms with van der Waals surface area (Å²) in [6.07, 6.45) is 3.19. The van der Waals surface area contributed by atoms with E-state index in [1.54, 1.807) is 53.7 Å². The number of fused-ring (bicyclic) bond motifs is 1. The van der Waals surface area contributed by atoms with Crippen LogP contribution in [-0.4, -0.2) is 61.1 Å². The third-order valence-corrected chi connectivity index (χ3v) is 5.73. The third-order valence-electron chi connectivity index (χ3n) is 4.41. The molecule has 2 aliphatic heterocycles. The van der Waals surface area contributed by atoms with Gasteiger partial charge in [-0.15, -0.1) is 4.40 Å². The highest BCUT2D eigenvalue weighted by Crippen LogP contribution is 2.27. The second-order valence-electron chi connectivity index (χ2n) is 5.90. The lowest BCUT2D eigenvalue weighted by Gasteiger charge is -2.35. The van der Waals surface area contributed by atoms with Crippen molar-refractivity contribution in [1.29, 1.82) is 0 Å². The fourth-order valence-electron chi connectivity index (χ4n) is 3.11. The maximum Gasteiger partial charge on any atom is 0.285 e. The van der Waals surface area contributed by atoms with Crippen LogP contribution < -0.4 is 0 Å². The van der Waals surface area contributed by atoms with Crippen LogP contribution in [0.4, 0.5) is 0 Å². The highest BCUT2D eigenvalue weighted by molar-refractivity contribution is 7.90. The molecule has 1 fully saturated rings. The minimum Gasteiger partial charge on any atom is -0.352 e. The third kappa shape index (κ3) is 2.78. The lowest BCUT2D eigenvalue weighted by Crippen LogP contribution is -2.50. The van der Waals surface area contributed by atoms with Gasteiger partial charge in [0.05, 0.1) is 0 Å². The van der Waals surface area contributed by atoms with Crippen LogP contribution in [0.15, 0.2) is 58.1 Å². The molecule has 0 N–H and O–H groups in total. The molecule has 2 aromatic rings. The SMILES string of the molecule is O=C(c1ccncc1)N1CCN(C2=NS(=O)(=O)c3ccccc32)CC1. The van der Waals surface area contributed by atoms with E-state index in [1.807, 2.05) is 4.90 Å². The largest absolute Gasteiger partial charge is 0.352 e. The van der Waals surface area contributed by atoms with E-state index in [0.29, 0.717) is 43.1 Å². The Bertz CT molecular complexity index is 949. The van der Waals surface area contributed by atoms with E-state index in [2.05, 4.69) is 9.38 Å². The van der Waals surface area contributed by atoms with Crippen LogP contribution in [0.1, 0.15) is 15.9 Å². The van der Waals surface area contributed by atoms with Gasteiger partial charge >= 0.3 is 0 Å². The molecule has 2 aliphatic rings. The molecule has 1 saturated heterocycles. The summed E-state index contributed by atoms with van der Waals surface area (Å²) in [6.45, 7) is 2.11. The van der Waals surface area contributed by atoms with Gasteiger partial charge in [-0.3, -0.25) is 9.78 Å². The van der Waals surface area contributed by atoms with Gasteiger partial charge in [-0.25, -0.2) is 0 Å². The Morgan fingerprint density at radius 3 is 2.36 bits per heavy atom. The Hall–Kier alpha value is -2.74. The van der Waals surface area contributed by atoms with Crippen molar-refractivity contribution in [2.45, 2.75) is 4.90 Å². The Balaban J connectivity index is 1.51. The second kappa shape index (κ2) is 5.96. The first kappa shape index (κ1) is 15.8. The molecule has 128 valence electrons. The number of piperazine rings is 1. The summed E-state index contributed by atoms with van der Waals surface area (Å²) in [5.41, 5.74) is 1.24. The fourth-order valence-corrected chi connectivity index (χ4v) is 4.34. The highest BCUT2D eigenvalue weighted by Gasteiger charge is 2.33. The minimum absolute atomic E-state index is 0.0385. The van der Waals surface area contributed by atoms with Crippen molar-refractivity contribution < 1.29 is 13.2 Å². The number of aromatic nitrogens is 1. The van der Waals surface area contributed by atoms with E-state index >= 15 is 0 Å². The number of hydrogen-bond acceptors (Lipinski definition) is 5. The van der Waals surface area contributed by atoms with E-state index in [4.69, 9.17) is 0 Å². The number of nitrogens with zero attached hydrogens (tertiary/aromatic N) is 4. The molecule has 8 heteroatoms. The van der Waals surface area contributed by atoms with Gasteiger partial charge in [-0.2, -0.15) is 8.42 Å². The van der Waals surface area contributed by atoms with Crippen LogP contribution >= 0.6 is 0 Å². The maximum absolute atomic E-state index is 12.5. The van der Waals surface area contributed by atoms with Crippen LogP contribution in [0, 0.1) is 0 Å². The number of rotatable bonds is 1. The van der Waals surface area contributed by atoms with Gasteiger partial charge in [0.2, 0.25) is 0 Å². The molecular weight excluding hydrogens is 340 g/mol. The molecule has 0 aliphatic carbocycles. The van der Waals surface area contributed by atoms with Gasteiger partial charge in [0.25, 0.3) is 15.9 Å². The number of carbonyl (C=O) groups excluding carboxylic acids is 1. The van der Waals surface area contributed by atoms with Gasteiger partial charge < -0.3 is 9.80 Å². The zero-order valence-corrected chi connectivity index (χ0v) is 14.2. The van der Waals surface area contributed by atoms with Crippen molar-refractivity contribution in [1.82, 2.24) is 14.8 Å². The molecule has 25 heavy (non-hydrogen) atoms. The number of amidine groups is 1. The van der Waals surface area contributed by atoms with Crippen molar-refractivity contribution in [2.24, 2.45) is 4.40 Å². The molecule has 0 bridgehead atoms. The zero-order valence-electron chi connectivity index (χ0n) is 13.4. The molecule has 1 aromatic heterocycles. The van der Waals surface area contributed by atoms with Crippen molar-refractivity contribution >= 4 is 21.8 Å². The van der Waals surface area contributed by atoms with Crippen LogP contribution in [0.2, 0.25) is 0 Å². The number of sulfonamides is 1. The summed E-state index contributed by atoms with van der Waals surface area (Å²) in [4.78, 5) is 20.3. The van der Waals surface area contributed by atoms with Gasteiger partial charge in [0, 0.05) is 49.7 Å². The lowest BCUT2D eigenvalue weighted by atomic mass is 10.1. The van der Waals surface area contributed by atoms with Crippen LogP contribution in [0.3, 0.4) is 0 Å². The topological polar surface area (TPSA) is 82.9 Å². The number of amides is 1. The Morgan fingerprint density at radius 2 is 1.64 bits per heavy atom. The minimum atomic E-state index is -3.62. The summed E-state index contributed by atoms with van der Waals surface area (Å²) < 4.78 is 28.3. The average Bonchev–Trinajstić information content (AvgIpc) is 2.94. The molecule has 1 aromatic carbocycles. The van der Waals surface area contributed by atoms with Crippen molar-refractivity contribution in [3.8, 4) is 0 Å². The summed E-state index contributed by atoms with van der Waals surface area (Å²) in [7, 11) is -3.62. The summed E-state index contributed by atoms with van der Waals surface area (Å²) >= 11 is 0. The molecule has 7 nitrogen and oxygen atoms in total. The number of benzene rings is 1. The van der Waals surface area contributed by atoms with Gasteiger partial charge in [0.1, 0.15) is 4.90 Å². The van der Waals surface area contributed by atoms with E-state index in [1.165, 1.54) is 0 Å². The van der Waals surface area contributed by atoms with Gasteiger partial charge in [0.15, 0.2) is 5.84 Å². The Labute approximate surface area is 145 Å². The number of hydrogen-bond donors (Lipinski definition) is 0. The Morgan fingerprint density at radius 1 is 0.960 bits per heavy atom. The van der Waals surface area contributed by atoms with Crippen LogP contribution in [0.25, 0.3) is 0 Å². The maximum atomic E-state index is 12.5. The quantitative estimate of drug-likeness (QED) is 0.761. The molecular formula is C17H16N4O3S. The zero-order chi connectivity index (χ0) is 17.4. The van der Waals surface area contributed by atoms with Crippen LogP contribution in [-0.2, 0) is 10.0 Å². The predicted octanol–water partition coefficient (Wildman–Crippen LogP) is 0.989. The first-order chi connectivity index (χ1) is 12.1. The van der Waals surface area contributed by atoms with E-state index in [9.17, 15) is 13.2 Å². The second-order valence-corrected chi connectivity index (χ2v) is 7.47. The molecule has 1 amide bonds. The van der Waals surface area contributed by atoms with E-state index in [-0.39, 0.29) is 10.8 Å². The smallest absolute Gasteiger partial charge is 0.285 e. The Kier molecular flexibility index (Phi) is 3.76. The van der Waals surface area contributed by atoms with Crippen molar-refractivity contribution in [2.75, 3.05) is 26.2 Å². The molecule has 0 saturated carbocycles. The van der Waals surface area contributed by atoms with Crippen molar-refractivity contribution in [3.05, 3.63) is 59.9 Å². The first-order valence-corrected chi connectivity index (χ1v) is 9.39. The van der Waals surface area contributed by atoms with Crippen molar-refractivity contribution in [3.63, 3.8) is 0 Å². The lowest BCUT2D eigenvalue weighted by molar-refractivity contribution is 0.0692. The fraction of sp³-hybridized carbons (Fsp3) is 0.235. The predicted molar refractivity (Wildman–Crippen MR) is 91.9 cm³/mol. The molecule has 0 atom stereocenters. The monoisotopic (exact) mass is 356 g/mol. The molecule has 0 radical (unpaired) electrons. The van der Waals surface area contributed by atoms with Crippen LogP contribution in [0.5, 0.6) is 0 Å². The summed E-state index contributed by atoms with van der Waals surface area (Å²) in [5, 5.41) is 0. The normalized spacial score (nSPS) is 18.6. The molecule has 4 rings (SSSR count). The number of pyridine rings is 1.